The number of sulfone groups is 1. The maximum absolute atomic E-state index is 12.3. The average molecular weight is 527 g/mol. The van der Waals surface area contributed by atoms with E-state index in [4.69, 9.17) is 33.8 Å². The minimum Gasteiger partial charge on any atom is -0.329 e. The first kappa shape index (κ1) is 29.0. The summed E-state index contributed by atoms with van der Waals surface area (Å²) in [4.78, 5) is 27.6. The molecule has 1 aromatic carbocycles. The Labute approximate surface area is 207 Å². The van der Waals surface area contributed by atoms with Gasteiger partial charge in [-0.05, 0) is 49.8 Å². The van der Waals surface area contributed by atoms with Crippen LogP contribution in [0.1, 0.15) is 30.6 Å². The summed E-state index contributed by atoms with van der Waals surface area (Å²) in [5, 5.41) is 19.4. The largest absolute Gasteiger partial charge is 0.329 e. The summed E-state index contributed by atoms with van der Waals surface area (Å²) >= 11 is 12.3. The number of amidine groups is 1. The Morgan fingerprint density at radius 3 is 2.44 bits per heavy atom. The van der Waals surface area contributed by atoms with Crippen LogP contribution in [0.15, 0.2) is 74.8 Å². The van der Waals surface area contributed by atoms with Gasteiger partial charge in [0.1, 0.15) is 5.84 Å². The fourth-order valence-electron chi connectivity index (χ4n) is 2.38. The van der Waals surface area contributed by atoms with Crippen molar-refractivity contribution in [3.8, 4) is 0 Å². The number of hydrogen-bond donors (Lipinski definition) is 4. The van der Waals surface area contributed by atoms with E-state index in [1.54, 1.807) is 19.9 Å². The zero-order valence-corrected chi connectivity index (χ0v) is 20.9. The summed E-state index contributed by atoms with van der Waals surface area (Å²) in [6, 6.07) is 3.82. The van der Waals surface area contributed by atoms with Gasteiger partial charge >= 0.3 is 0 Å². The van der Waals surface area contributed by atoms with Crippen molar-refractivity contribution in [2.24, 2.45) is 4.99 Å². The van der Waals surface area contributed by atoms with Crippen molar-refractivity contribution in [3.63, 3.8) is 0 Å². The monoisotopic (exact) mass is 526 g/mol. The second-order valence-corrected chi connectivity index (χ2v) is 9.47. The number of nitrogens with zero attached hydrogens (tertiary/aromatic N) is 1. The summed E-state index contributed by atoms with van der Waals surface area (Å²) in [7, 11) is -3.44. The van der Waals surface area contributed by atoms with Crippen LogP contribution in [0, 0.1) is 5.41 Å². The van der Waals surface area contributed by atoms with Gasteiger partial charge in [-0.15, -0.1) is 0 Å². The number of hydrogen-bond acceptors (Lipinski definition) is 6. The van der Waals surface area contributed by atoms with Gasteiger partial charge in [0.25, 0.3) is 11.8 Å². The third kappa shape index (κ3) is 9.06. The summed E-state index contributed by atoms with van der Waals surface area (Å²) in [6.45, 7) is 3.31. The highest BCUT2D eigenvalue weighted by Gasteiger charge is 2.14. The van der Waals surface area contributed by atoms with Gasteiger partial charge in [0.05, 0.1) is 21.1 Å². The maximum atomic E-state index is 12.3. The van der Waals surface area contributed by atoms with Crippen LogP contribution in [-0.2, 0) is 14.6 Å². The Balaban J connectivity index is 2.79. The van der Waals surface area contributed by atoms with E-state index >= 15 is 0 Å². The Hall–Kier alpha value is -3.05. The lowest BCUT2D eigenvalue weighted by Gasteiger charge is -2.06. The smallest absolute Gasteiger partial charge is 0.275 e. The molecular weight excluding hydrogens is 503 g/mol. The molecule has 0 aliphatic heterocycles. The SMILES string of the molecule is C\C=C(CC(=N)/N=C\C(=C/C)C(=O)NO)/C(Cl)=C\C=C\NC(=O)c1ccc(S(C)(=O)=O)cc1Cl. The summed E-state index contributed by atoms with van der Waals surface area (Å²) in [5.41, 5.74) is 2.25. The van der Waals surface area contributed by atoms with Gasteiger partial charge in [-0.3, -0.25) is 20.2 Å². The second kappa shape index (κ2) is 13.6. The summed E-state index contributed by atoms with van der Waals surface area (Å²) in [6.07, 6.45) is 9.68. The molecule has 2 amide bonds. The van der Waals surface area contributed by atoms with Gasteiger partial charge in [-0.2, -0.15) is 0 Å². The molecule has 12 heteroatoms. The quantitative estimate of drug-likeness (QED) is 0.0959. The van der Waals surface area contributed by atoms with E-state index in [1.165, 1.54) is 48.1 Å². The molecule has 0 heterocycles. The van der Waals surface area contributed by atoms with Crippen molar-refractivity contribution in [3.05, 3.63) is 75.5 Å². The van der Waals surface area contributed by atoms with Crippen molar-refractivity contribution in [2.75, 3.05) is 6.26 Å². The zero-order valence-electron chi connectivity index (χ0n) is 18.6. The molecule has 1 aromatic rings. The number of aliphatic imine (C=N–C) groups is 1. The Morgan fingerprint density at radius 2 is 1.91 bits per heavy atom. The van der Waals surface area contributed by atoms with Crippen molar-refractivity contribution in [2.45, 2.75) is 25.2 Å². The summed E-state index contributed by atoms with van der Waals surface area (Å²) in [5.74, 6) is -1.36. The zero-order chi connectivity index (χ0) is 25.9. The van der Waals surface area contributed by atoms with Crippen LogP contribution in [0.5, 0.6) is 0 Å². The lowest BCUT2D eigenvalue weighted by Crippen LogP contribution is -2.21. The van der Waals surface area contributed by atoms with Crippen LogP contribution >= 0.6 is 23.2 Å². The number of amides is 2. The van der Waals surface area contributed by atoms with E-state index in [9.17, 15) is 18.0 Å². The van der Waals surface area contributed by atoms with Crippen LogP contribution in [0.25, 0.3) is 0 Å². The third-order valence-electron chi connectivity index (χ3n) is 4.21. The molecule has 0 saturated carbocycles. The van der Waals surface area contributed by atoms with E-state index in [1.807, 2.05) is 0 Å². The molecule has 0 bridgehead atoms. The van der Waals surface area contributed by atoms with Crippen LogP contribution < -0.4 is 10.8 Å². The van der Waals surface area contributed by atoms with Crippen molar-refractivity contribution in [1.29, 1.82) is 5.41 Å². The fourth-order valence-corrected chi connectivity index (χ4v) is 3.61. The number of allylic oxidation sites excluding steroid dienone is 5. The molecule has 0 atom stereocenters. The predicted molar refractivity (Wildman–Crippen MR) is 133 cm³/mol. The Kier molecular flexibility index (Phi) is 11.6. The molecule has 1 rings (SSSR count). The Bertz CT molecular complexity index is 1220. The lowest BCUT2D eigenvalue weighted by molar-refractivity contribution is -0.124. The highest BCUT2D eigenvalue weighted by molar-refractivity contribution is 7.90. The number of carbonyl (C=O) groups is 2. The second-order valence-electron chi connectivity index (χ2n) is 6.64. The van der Waals surface area contributed by atoms with Crippen molar-refractivity contribution < 1.29 is 23.2 Å². The number of rotatable bonds is 9. The minimum atomic E-state index is -3.44. The summed E-state index contributed by atoms with van der Waals surface area (Å²) < 4.78 is 23.1. The van der Waals surface area contributed by atoms with Crippen molar-refractivity contribution in [1.82, 2.24) is 10.8 Å². The van der Waals surface area contributed by atoms with E-state index < -0.39 is 21.7 Å². The molecule has 0 saturated heterocycles. The van der Waals surface area contributed by atoms with Gasteiger partial charge in [0, 0.05) is 30.1 Å². The van der Waals surface area contributed by atoms with Crippen LogP contribution in [0.4, 0.5) is 0 Å². The number of hydroxylamine groups is 1. The molecular formula is C22H24Cl2N4O5S. The van der Waals surface area contributed by atoms with Gasteiger partial charge in [-0.1, -0.05) is 35.4 Å². The fraction of sp³-hybridized carbons (Fsp3) is 0.182. The first-order chi connectivity index (χ1) is 15.9. The average Bonchev–Trinajstić information content (AvgIpc) is 2.79. The van der Waals surface area contributed by atoms with E-state index in [0.717, 1.165) is 12.5 Å². The van der Waals surface area contributed by atoms with Crippen LogP contribution in [-0.4, -0.2) is 43.7 Å². The normalized spacial score (nSPS) is 13.4. The Morgan fingerprint density at radius 1 is 1.24 bits per heavy atom. The van der Waals surface area contributed by atoms with Crippen LogP contribution in [0.2, 0.25) is 5.02 Å². The molecule has 0 aliphatic rings. The molecule has 4 N–H and O–H groups in total. The topological polar surface area (TPSA) is 149 Å². The van der Waals surface area contributed by atoms with E-state index in [2.05, 4.69) is 10.3 Å². The number of carbonyl (C=O) groups excluding carboxylic acids is 2. The number of benzene rings is 1. The molecule has 0 radical (unpaired) electrons. The molecule has 0 fully saturated rings. The third-order valence-corrected chi connectivity index (χ3v) is 6.01. The first-order valence-electron chi connectivity index (χ1n) is 9.65. The highest BCUT2D eigenvalue weighted by atomic mass is 35.5. The molecule has 0 unspecified atom stereocenters. The van der Waals surface area contributed by atoms with Gasteiger partial charge in [0.15, 0.2) is 9.84 Å². The minimum absolute atomic E-state index is 0.00443. The van der Waals surface area contributed by atoms with Gasteiger partial charge < -0.3 is 5.32 Å². The molecule has 0 aromatic heterocycles. The first-order valence-corrected chi connectivity index (χ1v) is 12.3. The van der Waals surface area contributed by atoms with E-state index in [-0.39, 0.29) is 33.3 Å². The highest BCUT2D eigenvalue weighted by Crippen LogP contribution is 2.21. The number of halogens is 2. The van der Waals surface area contributed by atoms with Gasteiger partial charge in [-0.25, -0.2) is 18.9 Å². The standard InChI is InChI=1S/C22H24Cl2N4O5S/c1-4-14(11-20(25)27-13-15(5-2)21(29)28-31)18(23)7-6-10-26-22(30)17-9-8-16(12-19(17)24)34(3,32)33/h4-10,12-13,25,31H,11H2,1-3H3,(H,26,30)(H,28,29)/b10-6+,14-4-,15-5+,18-7+,25-20?,27-13-. The molecule has 9 nitrogen and oxygen atoms in total. The van der Waals surface area contributed by atoms with Crippen molar-refractivity contribution >= 4 is 56.9 Å². The van der Waals surface area contributed by atoms with Crippen LogP contribution in [0.3, 0.4) is 0 Å². The van der Waals surface area contributed by atoms with Gasteiger partial charge in [0.2, 0.25) is 0 Å². The number of nitrogens with one attached hydrogen (secondary N) is 3. The maximum Gasteiger partial charge on any atom is 0.275 e. The molecule has 182 valence electrons. The predicted octanol–water partition coefficient (Wildman–Crippen LogP) is 3.95. The molecule has 34 heavy (non-hydrogen) atoms. The lowest BCUT2D eigenvalue weighted by atomic mass is 10.1. The molecule has 0 aliphatic carbocycles. The van der Waals surface area contributed by atoms with E-state index in [0.29, 0.717) is 10.6 Å². The molecule has 0 spiro atoms.